The van der Waals surface area contributed by atoms with Crippen molar-refractivity contribution < 1.29 is 22.4 Å². The maximum absolute atomic E-state index is 10.7. The molecule has 1 atom stereocenters. The van der Waals surface area contributed by atoms with Crippen LogP contribution < -0.4 is 5.82 Å². The molecule has 1 rings (SSSR count). The lowest BCUT2D eigenvalue weighted by molar-refractivity contribution is 0.219. The SMILES string of the molecule is CS(=O)(=O)C(O)c1coc(=O)o1. The highest BCUT2D eigenvalue weighted by Gasteiger charge is 2.23. The van der Waals surface area contributed by atoms with Crippen molar-refractivity contribution in [3.8, 4) is 0 Å². The maximum Gasteiger partial charge on any atom is 0.518 e. The van der Waals surface area contributed by atoms with E-state index in [-0.39, 0.29) is 0 Å². The molecule has 68 valence electrons. The summed E-state index contributed by atoms with van der Waals surface area (Å²) in [5.74, 6) is -1.46. The number of sulfone groups is 1. The zero-order chi connectivity index (χ0) is 9.35. The van der Waals surface area contributed by atoms with Gasteiger partial charge in [-0.3, -0.25) is 0 Å². The van der Waals surface area contributed by atoms with Gasteiger partial charge in [0.15, 0.2) is 15.6 Å². The first-order valence-electron chi connectivity index (χ1n) is 2.87. The Kier molecular flexibility index (Phi) is 2.07. The molecule has 1 N–H and O–H groups in total. The van der Waals surface area contributed by atoms with Crippen LogP contribution in [0.3, 0.4) is 0 Å². The summed E-state index contributed by atoms with van der Waals surface area (Å²) in [4.78, 5) is 10.3. The third-order valence-electron chi connectivity index (χ3n) is 1.12. The monoisotopic (exact) mass is 194 g/mol. The molecule has 0 spiro atoms. The largest absolute Gasteiger partial charge is 0.518 e. The summed E-state index contributed by atoms with van der Waals surface area (Å²) in [5.41, 5.74) is -1.84. The van der Waals surface area contributed by atoms with Gasteiger partial charge < -0.3 is 13.9 Å². The second-order valence-electron chi connectivity index (χ2n) is 2.17. The molecule has 1 aromatic rings. The maximum atomic E-state index is 10.7. The van der Waals surface area contributed by atoms with Gasteiger partial charge >= 0.3 is 5.82 Å². The van der Waals surface area contributed by atoms with E-state index in [1.165, 1.54) is 0 Å². The molecule has 0 bridgehead atoms. The Labute approximate surface area is 67.3 Å². The Morgan fingerprint density at radius 1 is 1.58 bits per heavy atom. The Balaban J connectivity index is 3.09. The van der Waals surface area contributed by atoms with Gasteiger partial charge in [-0.05, 0) is 0 Å². The van der Waals surface area contributed by atoms with E-state index in [9.17, 15) is 13.2 Å². The van der Waals surface area contributed by atoms with Crippen molar-refractivity contribution >= 4 is 9.84 Å². The lowest BCUT2D eigenvalue weighted by Gasteiger charge is -2.01. The molecule has 12 heavy (non-hydrogen) atoms. The molecule has 0 fully saturated rings. The average Bonchev–Trinajstić information content (AvgIpc) is 2.32. The summed E-state index contributed by atoms with van der Waals surface area (Å²) in [6.45, 7) is 0. The second kappa shape index (κ2) is 2.76. The number of hydrogen-bond acceptors (Lipinski definition) is 6. The Morgan fingerprint density at radius 3 is 2.50 bits per heavy atom. The highest BCUT2D eigenvalue weighted by molar-refractivity contribution is 7.90. The number of hydrogen-bond donors (Lipinski definition) is 1. The molecule has 0 aliphatic carbocycles. The van der Waals surface area contributed by atoms with Crippen molar-refractivity contribution in [3.63, 3.8) is 0 Å². The predicted molar refractivity (Wildman–Crippen MR) is 37.0 cm³/mol. The van der Waals surface area contributed by atoms with Crippen molar-refractivity contribution in [2.24, 2.45) is 0 Å². The fourth-order valence-corrected chi connectivity index (χ4v) is 1.10. The zero-order valence-corrected chi connectivity index (χ0v) is 6.87. The zero-order valence-electron chi connectivity index (χ0n) is 6.05. The van der Waals surface area contributed by atoms with Crippen LogP contribution in [0, 0.1) is 0 Å². The van der Waals surface area contributed by atoms with E-state index in [4.69, 9.17) is 5.11 Å². The molecule has 1 unspecified atom stereocenters. The third kappa shape index (κ3) is 1.74. The average molecular weight is 194 g/mol. The van der Waals surface area contributed by atoms with Gasteiger partial charge in [0.25, 0.3) is 0 Å². The van der Waals surface area contributed by atoms with E-state index in [1.807, 2.05) is 0 Å². The van der Waals surface area contributed by atoms with Crippen LogP contribution in [0.25, 0.3) is 0 Å². The number of aliphatic hydroxyl groups excluding tert-OH is 1. The molecule has 1 heterocycles. The van der Waals surface area contributed by atoms with E-state index in [1.54, 1.807) is 0 Å². The van der Waals surface area contributed by atoms with Crippen LogP contribution >= 0.6 is 0 Å². The third-order valence-corrected chi connectivity index (χ3v) is 2.16. The standard InChI is InChI=1S/C5H6O6S/c1-12(8,9)4(6)3-2-10-5(7)11-3/h2,4,6H,1H3. The summed E-state index contributed by atoms with van der Waals surface area (Å²) in [6, 6.07) is 0. The van der Waals surface area contributed by atoms with Gasteiger partial charge in [-0.2, -0.15) is 0 Å². The van der Waals surface area contributed by atoms with Crippen molar-refractivity contribution in [3.05, 3.63) is 22.6 Å². The number of aliphatic hydroxyl groups is 1. The van der Waals surface area contributed by atoms with Crippen LogP contribution in [-0.2, 0) is 9.84 Å². The Hall–Kier alpha value is -1.08. The van der Waals surface area contributed by atoms with E-state index >= 15 is 0 Å². The molecule has 0 saturated carbocycles. The van der Waals surface area contributed by atoms with Crippen molar-refractivity contribution in [2.45, 2.75) is 5.44 Å². The van der Waals surface area contributed by atoms with Gasteiger partial charge in [-0.25, -0.2) is 13.2 Å². The molecule has 1 aromatic heterocycles. The highest BCUT2D eigenvalue weighted by atomic mass is 32.2. The first-order valence-corrected chi connectivity index (χ1v) is 4.82. The topological polar surface area (TPSA) is 97.7 Å². The molecule has 0 radical (unpaired) electrons. The summed E-state index contributed by atoms with van der Waals surface area (Å²) in [6.07, 6.45) is 1.57. The minimum atomic E-state index is -3.68. The second-order valence-corrected chi connectivity index (χ2v) is 4.28. The van der Waals surface area contributed by atoms with Gasteiger partial charge in [0, 0.05) is 6.26 Å². The van der Waals surface area contributed by atoms with E-state index in [0.29, 0.717) is 0 Å². The molecule has 7 heteroatoms. The van der Waals surface area contributed by atoms with Crippen LogP contribution in [0.1, 0.15) is 11.2 Å². The van der Waals surface area contributed by atoms with Crippen LogP contribution in [0.2, 0.25) is 0 Å². The smallest absolute Gasteiger partial charge is 0.399 e. The summed E-state index contributed by atoms with van der Waals surface area (Å²) >= 11 is 0. The summed E-state index contributed by atoms with van der Waals surface area (Å²) in [5, 5.41) is 8.99. The van der Waals surface area contributed by atoms with Crippen LogP contribution in [0.4, 0.5) is 0 Å². The van der Waals surface area contributed by atoms with E-state index < -0.39 is 26.9 Å². The normalized spacial score (nSPS) is 14.5. The van der Waals surface area contributed by atoms with Gasteiger partial charge in [0.2, 0.25) is 5.44 Å². The van der Waals surface area contributed by atoms with Gasteiger partial charge in [0.1, 0.15) is 6.26 Å². The van der Waals surface area contributed by atoms with Gasteiger partial charge in [-0.1, -0.05) is 0 Å². The molecular weight excluding hydrogens is 188 g/mol. The van der Waals surface area contributed by atoms with Crippen LogP contribution in [0.5, 0.6) is 0 Å². The summed E-state index contributed by atoms with van der Waals surface area (Å²) < 4.78 is 29.7. The quantitative estimate of drug-likeness (QED) is 0.666. The van der Waals surface area contributed by atoms with Crippen molar-refractivity contribution in [1.82, 2.24) is 0 Å². The van der Waals surface area contributed by atoms with Crippen molar-refractivity contribution in [2.75, 3.05) is 6.26 Å². The van der Waals surface area contributed by atoms with Crippen LogP contribution in [0.15, 0.2) is 19.9 Å². The molecule has 0 saturated heterocycles. The first kappa shape index (κ1) is 9.01. The lowest BCUT2D eigenvalue weighted by atomic mass is 10.6. The Morgan fingerprint density at radius 2 is 2.17 bits per heavy atom. The predicted octanol–water partition coefficient (Wildman–Crippen LogP) is -0.732. The Bertz CT molecular complexity index is 409. The molecule has 0 amide bonds. The van der Waals surface area contributed by atoms with Crippen LogP contribution in [-0.4, -0.2) is 19.8 Å². The minimum absolute atomic E-state index is 0.414. The van der Waals surface area contributed by atoms with Gasteiger partial charge in [-0.15, -0.1) is 0 Å². The summed E-state index contributed by atoms with van der Waals surface area (Å²) in [7, 11) is -3.68. The fourth-order valence-electron chi connectivity index (χ4n) is 0.570. The minimum Gasteiger partial charge on any atom is -0.399 e. The molecule has 0 aliphatic heterocycles. The lowest BCUT2D eigenvalue weighted by Crippen LogP contribution is -2.09. The van der Waals surface area contributed by atoms with Gasteiger partial charge in [0.05, 0.1) is 0 Å². The van der Waals surface area contributed by atoms with Crippen molar-refractivity contribution in [1.29, 1.82) is 0 Å². The first-order chi connectivity index (χ1) is 5.41. The van der Waals surface area contributed by atoms with E-state index in [2.05, 4.69) is 8.83 Å². The highest BCUT2D eigenvalue weighted by Crippen LogP contribution is 2.16. The van der Waals surface area contributed by atoms with E-state index in [0.717, 1.165) is 12.5 Å². The molecular formula is C5H6O6S. The molecule has 0 aromatic carbocycles. The molecule has 6 nitrogen and oxygen atoms in total. The fraction of sp³-hybridized carbons (Fsp3) is 0.400. The number of rotatable bonds is 2. The molecule has 0 aliphatic rings.